The highest BCUT2D eigenvalue weighted by molar-refractivity contribution is 5.82. The van der Waals surface area contributed by atoms with Crippen LogP contribution < -0.4 is 0 Å². The number of carbonyl (C=O) groups excluding carboxylic acids is 1. The molecule has 2 rings (SSSR count). The van der Waals surface area contributed by atoms with Crippen molar-refractivity contribution in [2.45, 2.75) is 51.6 Å². The molecule has 0 N–H and O–H groups in total. The van der Waals surface area contributed by atoms with Crippen LogP contribution in [0.25, 0.3) is 0 Å². The van der Waals surface area contributed by atoms with E-state index in [0.717, 1.165) is 18.4 Å². The van der Waals surface area contributed by atoms with Crippen LogP contribution in [0.15, 0.2) is 18.2 Å². The predicted octanol–water partition coefficient (Wildman–Crippen LogP) is 3.37. The third-order valence-corrected chi connectivity index (χ3v) is 3.90. The molecule has 1 aromatic rings. The number of Topliss-reactive ketones (excluding diaryl/α,β-unsaturated/α-hetero) is 1. The first-order chi connectivity index (χ1) is 8.53. The van der Waals surface area contributed by atoms with Crippen molar-refractivity contribution in [3.63, 3.8) is 0 Å². The van der Waals surface area contributed by atoms with Crippen LogP contribution in [0.4, 0.5) is 0 Å². The van der Waals surface area contributed by atoms with Crippen LogP contribution in [-0.4, -0.2) is 18.5 Å². The summed E-state index contributed by atoms with van der Waals surface area (Å²) in [6, 6.07) is 6.34. The Morgan fingerprint density at radius 2 is 1.83 bits per heavy atom. The van der Waals surface area contributed by atoms with Gasteiger partial charge in [-0.1, -0.05) is 29.3 Å². The maximum atomic E-state index is 12.1. The third-order valence-electron chi connectivity index (χ3n) is 3.90. The first-order valence-electron chi connectivity index (χ1n) is 6.67. The largest absolute Gasteiger partial charge is 0.378 e. The minimum atomic E-state index is -0.143. The van der Waals surface area contributed by atoms with Crippen molar-refractivity contribution in [3.8, 4) is 0 Å². The lowest BCUT2D eigenvalue weighted by Crippen LogP contribution is -2.41. The standard InChI is InChI=1S/C16H22O2/c1-12-7-13(2)9-14(8-12)10-15(17)11-16(18-3)5-4-6-16/h7-9H,4-6,10-11H2,1-3H3. The lowest BCUT2D eigenvalue weighted by atomic mass is 9.76. The highest BCUT2D eigenvalue weighted by atomic mass is 16.5. The molecule has 0 aliphatic heterocycles. The van der Waals surface area contributed by atoms with E-state index in [2.05, 4.69) is 32.0 Å². The van der Waals surface area contributed by atoms with Crippen molar-refractivity contribution in [3.05, 3.63) is 34.9 Å². The highest BCUT2D eigenvalue weighted by Gasteiger charge is 2.38. The molecule has 0 amide bonds. The van der Waals surface area contributed by atoms with Gasteiger partial charge in [0.25, 0.3) is 0 Å². The zero-order valence-corrected chi connectivity index (χ0v) is 11.6. The molecule has 1 aliphatic carbocycles. The van der Waals surface area contributed by atoms with E-state index in [0.29, 0.717) is 18.6 Å². The summed E-state index contributed by atoms with van der Waals surface area (Å²) in [4.78, 5) is 12.1. The Balaban J connectivity index is 1.98. The summed E-state index contributed by atoms with van der Waals surface area (Å²) in [7, 11) is 1.73. The number of ketones is 1. The van der Waals surface area contributed by atoms with Crippen molar-refractivity contribution < 1.29 is 9.53 Å². The Kier molecular flexibility index (Phi) is 3.86. The van der Waals surface area contributed by atoms with Crippen LogP contribution in [0.5, 0.6) is 0 Å². The number of aryl methyl sites for hydroxylation is 2. The van der Waals surface area contributed by atoms with Crippen LogP contribution in [0.2, 0.25) is 0 Å². The maximum absolute atomic E-state index is 12.1. The van der Waals surface area contributed by atoms with Gasteiger partial charge in [0.15, 0.2) is 0 Å². The zero-order chi connectivity index (χ0) is 13.2. The van der Waals surface area contributed by atoms with E-state index in [4.69, 9.17) is 4.74 Å². The molecule has 0 atom stereocenters. The smallest absolute Gasteiger partial charge is 0.140 e. The first kappa shape index (κ1) is 13.3. The van der Waals surface area contributed by atoms with E-state index in [9.17, 15) is 4.79 Å². The van der Waals surface area contributed by atoms with Gasteiger partial charge in [0, 0.05) is 20.0 Å². The average Bonchev–Trinajstić information content (AvgIpc) is 2.21. The fourth-order valence-electron chi connectivity index (χ4n) is 2.84. The summed E-state index contributed by atoms with van der Waals surface area (Å²) in [5.41, 5.74) is 3.43. The summed E-state index contributed by atoms with van der Waals surface area (Å²) in [6.45, 7) is 4.15. The van der Waals surface area contributed by atoms with Gasteiger partial charge in [-0.05, 0) is 38.7 Å². The molecule has 18 heavy (non-hydrogen) atoms. The molecule has 0 spiro atoms. The van der Waals surface area contributed by atoms with Gasteiger partial charge in [0.05, 0.1) is 5.60 Å². The van der Waals surface area contributed by atoms with Gasteiger partial charge in [-0.3, -0.25) is 4.79 Å². The predicted molar refractivity (Wildman–Crippen MR) is 72.8 cm³/mol. The third kappa shape index (κ3) is 2.99. The average molecular weight is 246 g/mol. The quantitative estimate of drug-likeness (QED) is 0.796. The minimum Gasteiger partial charge on any atom is -0.378 e. The normalized spacial score (nSPS) is 17.3. The monoisotopic (exact) mass is 246 g/mol. The molecule has 98 valence electrons. The van der Waals surface area contributed by atoms with Gasteiger partial charge < -0.3 is 4.74 Å². The first-order valence-corrected chi connectivity index (χ1v) is 6.67. The molecule has 0 heterocycles. The summed E-state index contributed by atoms with van der Waals surface area (Å²) >= 11 is 0. The molecular weight excluding hydrogens is 224 g/mol. The molecule has 0 bridgehead atoms. The summed E-state index contributed by atoms with van der Waals surface area (Å²) in [6.07, 6.45) is 4.35. The van der Waals surface area contributed by atoms with Crippen LogP contribution >= 0.6 is 0 Å². The number of rotatable bonds is 5. The number of methoxy groups -OCH3 is 1. The van der Waals surface area contributed by atoms with E-state index in [-0.39, 0.29) is 5.60 Å². The number of hydrogen-bond acceptors (Lipinski definition) is 2. The van der Waals surface area contributed by atoms with E-state index in [1.54, 1.807) is 7.11 Å². The Bertz CT molecular complexity index is 419. The van der Waals surface area contributed by atoms with Crippen molar-refractivity contribution in [2.24, 2.45) is 0 Å². The van der Waals surface area contributed by atoms with Crippen molar-refractivity contribution >= 4 is 5.78 Å². The maximum Gasteiger partial charge on any atom is 0.140 e. The number of hydrogen-bond donors (Lipinski definition) is 0. The van der Waals surface area contributed by atoms with Crippen molar-refractivity contribution in [1.29, 1.82) is 0 Å². The molecule has 2 nitrogen and oxygen atoms in total. The number of carbonyl (C=O) groups is 1. The fourth-order valence-corrected chi connectivity index (χ4v) is 2.84. The lowest BCUT2D eigenvalue weighted by molar-refractivity contribution is -0.131. The minimum absolute atomic E-state index is 0.143. The van der Waals surface area contributed by atoms with E-state index in [1.165, 1.54) is 17.5 Å². The molecule has 1 saturated carbocycles. The van der Waals surface area contributed by atoms with Crippen LogP contribution in [0.1, 0.15) is 42.4 Å². The van der Waals surface area contributed by atoms with Crippen LogP contribution in [-0.2, 0) is 16.0 Å². The molecule has 0 aromatic heterocycles. The Labute approximate surface area is 109 Å². The van der Waals surface area contributed by atoms with Gasteiger partial charge in [0.2, 0.25) is 0 Å². The molecule has 0 unspecified atom stereocenters. The zero-order valence-electron chi connectivity index (χ0n) is 11.6. The molecule has 1 aliphatic rings. The number of ether oxygens (including phenoxy) is 1. The molecular formula is C16H22O2. The van der Waals surface area contributed by atoms with Crippen molar-refractivity contribution in [1.82, 2.24) is 0 Å². The van der Waals surface area contributed by atoms with Gasteiger partial charge in [-0.15, -0.1) is 0 Å². The second kappa shape index (κ2) is 5.23. The van der Waals surface area contributed by atoms with E-state index < -0.39 is 0 Å². The van der Waals surface area contributed by atoms with Crippen molar-refractivity contribution in [2.75, 3.05) is 7.11 Å². The lowest BCUT2D eigenvalue weighted by Gasteiger charge is -2.40. The van der Waals surface area contributed by atoms with Gasteiger partial charge in [0.1, 0.15) is 5.78 Å². The Hall–Kier alpha value is -1.15. The summed E-state index contributed by atoms with van der Waals surface area (Å²) in [5.74, 6) is 0.293. The van der Waals surface area contributed by atoms with Gasteiger partial charge >= 0.3 is 0 Å². The number of benzene rings is 1. The SMILES string of the molecule is COC1(CC(=O)Cc2cc(C)cc(C)c2)CCC1. The second-order valence-electron chi connectivity index (χ2n) is 5.63. The highest BCUT2D eigenvalue weighted by Crippen LogP contribution is 2.38. The molecule has 1 fully saturated rings. The van der Waals surface area contributed by atoms with Gasteiger partial charge in [-0.2, -0.15) is 0 Å². The molecule has 0 radical (unpaired) electrons. The van der Waals surface area contributed by atoms with E-state index >= 15 is 0 Å². The summed E-state index contributed by atoms with van der Waals surface area (Å²) in [5, 5.41) is 0. The Morgan fingerprint density at radius 3 is 2.28 bits per heavy atom. The van der Waals surface area contributed by atoms with Gasteiger partial charge in [-0.25, -0.2) is 0 Å². The van der Waals surface area contributed by atoms with E-state index in [1.807, 2.05) is 0 Å². The van der Waals surface area contributed by atoms with Crippen LogP contribution in [0.3, 0.4) is 0 Å². The molecule has 0 saturated heterocycles. The molecule has 2 heteroatoms. The summed E-state index contributed by atoms with van der Waals surface area (Å²) < 4.78 is 5.51. The Morgan fingerprint density at radius 1 is 1.22 bits per heavy atom. The van der Waals surface area contributed by atoms with Crippen LogP contribution in [0, 0.1) is 13.8 Å². The molecule has 1 aromatic carbocycles. The topological polar surface area (TPSA) is 26.3 Å². The fraction of sp³-hybridized carbons (Fsp3) is 0.562. The second-order valence-corrected chi connectivity index (χ2v) is 5.63.